The molecule has 25 heavy (non-hydrogen) atoms. The minimum absolute atomic E-state index is 0.0265. The zero-order valence-electron chi connectivity index (χ0n) is 14.1. The zero-order chi connectivity index (χ0) is 17.5. The topological polar surface area (TPSA) is 58.6 Å². The van der Waals surface area contributed by atoms with E-state index in [4.69, 9.17) is 4.74 Å². The first kappa shape index (κ1) is 17.0. The van der Waals surface area contributed by atoms with Crippen LogP contribution in [0.2, 0.25) is 0 Å². The van der Waals surface area contributed by atoms with Gasteiger partial charge >= 0.3 is 6.09 Å². The van der Waals surface area contributed by atoms with Gasteiger partial charge in [0.15, 0.2) is 0 Å². The Morgan fingerprint density at radius 3 is 2.16 bits per heavy atom. The summed E-state index contributed by atoms with van der Waals surface area (Å²) in [5.74, 6) is -0.361. The molecule has 5 nitrogen and oxygen atoms in total. The van der Waals surface area contributed by atoms with E-state index in [2.05, 4.69) is 5.32 Å². The van der Waals surface area contributed by atoms with Crippen LogP contribution in [-0.4, -0.2) is 43.1 Å². The van der Waals surface area contributed by atoms with Crippen LogP contribution >= 0.6 is 0 Å². The molecule has 0 aliphatic carbocycles. The minimum atomic E-state index is -0.334. The quantitative estimate of drug-likeness (QED) is 0.790. The first-order valence-corrected chi connectivity index (χ1v) is 8.55. The lowest BCUT2D eigenvalue weighted by Crippen LogP contribution is -2.33. The summed E-state index contributed by atoms with van der Waals surface area (Å²) in [7, 11) is 0. The molecule has 1 N–H and O–H groups in total. The molecule has 2 aromatic rings. The molecule has 130 valence electrons. The highest BCUT2D eigenvalue weighted by molar-refractivity contribution is 5.87. The van der Waals surface area contributed by atoms with Gasteiger partial charge in [0.05, 0.1) is 12.5 Å². The minimum Gasteiger partial charge on any atom is -0.448 e. The van der Waals surface area contributed by atoms with Crippen LogP contribution in [0.15, 0.2) is 60.7 Å². The van der Waals surface area contributed by atoms with E-state index < -0.39 is 0 Å². The van der Waals surface area contributed by atoms with Crippen LogP contribution in [0, 0.1) is 0 Å². The Morgan fingerprint density at radius 2 is 1.64 bits per heavy atom. The Morgan fingerprint density at radius 1 is 1.04 bits per heavy atom. The Hall–Kier alpha value is -2.82. The van der Waals surface area contributed by atoms with Crippen molar-refractivity contribution < 1.29 is 14.3 Å². The maximum absolute atomic E-state index is 12.8. The van der Waals surface area contributed by atoms with E-state index >= 15 is 0 Å². The summed E-state index contributed by atoms with van der Waals surface area (Å²) in [5, 5.41) is 3.00. The number of amides is 2. The molecule has 1 aliphatic heterocycles. The second-order valence-electron chi connectivity index (χ2n) is 6.00. The molecule has 5 heteroatoms. The second kappa shape index (κ2) is 8.33. The van der Waals surface area contributed by atoms with Crippen molar-refractivity contribution in [3.05, 3.63) is 71.8 Å². The molecule has 0 bridgehead atoms. The van der Waals surface area contributed by atoms with Crippen LogP contribution in [0.3, 0.4) is 0 Å². The van der Waals surface area contributed by atoms with Crippen LogP contribution in [-0.2, 0) is 9.53 Å². The van der Waals surface area contributed by atoms with Crippen LogP contribution in [0.4, 0.5) is 4.79 Å². The zero-order valence-corrected chi connectivity index (χ0v) is 14.1. The van der Waals surface area contributed by atoms with Crippen molar-refractivity contribution in [2.45, 2.75) is 12.3 Å². The maximum atomic E-state index is 12.8. The van der Waals surface area contributed by atoms with Crippen LogP contribution < -0.4 is 5.32 Å². The van der Waals surface area contributed by atoms with E-state index in [0.717, 1.165) is 11.1 Å². The van der Waals surface area contributed by atoms with Crippen molar-refractivity contribution in [1.29, 1.82) is 0 Å². The molecule has 3 rings (SSSR count). The van der Waals surface area contributed by atoms with E-state index in [0.29, 0.717) is 32.7 Å². The van der Waals surface area contributed by atoms with E-state index in [-0.39, 0.29) is 17.9 Å². The van der Waals surface area contributed by atoms with Crippen molar-refractivity contribution in [1.82, 2.24) is 10.2 Å². The normalized spacial score (nSPS) is 13.8. The number of nitrogens with one attached hydrogen (secondary N) is 1. The van der Waals surface area contributed by atoms with E-state index in [1.54, 1.807) is 4.90 Å². The lowest BCUT2D eigenvalue weighted by Gasteiger charge is -2.18. The third kappa shape index (κ3) is 4.38. The molecule has 0 saturated carbocycles. The standard InChI is InChI=1S/C20H22N2O3/c23-19(21-12-7-13-22-14-15-25-20(22)24)18(16-8-3-1-4-9-16)17-10-5-2-6-11-17/h1-6,8-11,18H,7,12-15H2,(H,21,23). The van der Waals surface area contributed by atoms with E-state index in [1.165, 1.54) is 0 Å². The first-order valence-electron chi connectivity index (χ1n) is 8.55. The summed E-state index contributed by atoms with van der Waals surface area (Å²) in [5.41, 5.74) is 1.93. The number of rotatable bonds is 7. The lowest BCUT2D eigenvalue weighted by molar-refractivity contribution is -0.121. The lowest BCUT2D eigenvalue weighted by atomic mass is 9.90. The smallest absolute Gasteiger partial charge is 0.409 e. The van der Waals surface area contributed by atoms with Gasteiger partial charge in [-0.1, -0.05) is 60.7 Å². The van der Waals surface area contributed by atoms with Gasteiger partial charge in [0.25, 0.3) is 0 Å². The van der Waals surface area contributed by atoms with Gasteiger partial charge < -0.3 is 15.0 Å². The molecule has 2 amide bonds. The molecule has 2 aromatic carbocycles. The molecule has 0 spiro atoms. The monoisotopic (exact) mass is 338 g/mol. The number of hydrogen-bond acceptors (Lipinski definition) is 3. The Bertz CT molecular complexity index is 664. The molecule has 0 radical (unpaired) electrons. The molecule has 0 aromatic heterocycles. The number of benzene rings is 2. The third-order valence-corrected chi connectivity index (χ3v) is 4.28. The van der Waals surface area contributed by atoms with Crippen molar-refractivity contribution >= 4 is 12.0 Å². The number of nitrogens with zero attached hydrogens (tertiary/aromatic N) is 1. The summed E-state index contributed by atoms with van der Waals surface area (Å²) in [6.45, 7) is 2.21. The Kier molecular flexibility index (Phi) is 5.67. The van der Waals surface area contributed by atoms with Crippen molar-refractivity contribution in [3.63, 3.8) is 0 Å². The van der Waals surface area contributed by atoms with Gasteiger partial charge in [-0.3, -0.25) is 4.79 Å². The molecule has 0 unspecified atom stereocenters. The Balaban J connectivity index is 1.61. The van der Waals surface area contributed by atoms with Gasteiger partial charge in [0.1, 0.15) is 6.61 Å². The first-order chi connectivity index (χ1) is 12.3. The number of ether oxygens (including phenoxy) is 1. The van der Waals surface area contributed by atoms with Crippen molar-refractivity contribution in [3.8, 4) is 0 Å². The second-order valence-corrected chi connectivity index (χ2v) is 6.00. The highest BCUT2D eigenvalue weighted by Crippen LogP contribution is 2.24. The fourth-order valence-corrected chi connectivity index (χ4v) is 3.00. The SMILES string of the molecule is O=C(NCCCN1CCOC1=O)C(c1ccccc1)c1ccccc1. The molecule has 1 heterocycles. The van der Waals surface area contributed by atoms with Crippen LogP contribution in [0.1, 0.15) is 23.5 Å². The summed E-state index contributed by atoms with van der Waals surface area (Å²) >= 11 is 0. The predicted molar refractivity (Wildman–Crippen MR) is 95.3 cm³/mol. The number of carbonyl (C=O) groups is 2. The summed E-state index contributed by atoms with van der Waals surface area (Å²) < 4.78 is 4.90. The summed E-state index contributed by atoms with van der Waals surface area (Å²) in [4.78, 5) is 25.8. The van der Waals surface area contributed by atoms with Gasteiger partial charge in [-0.05, 0) is 17.5 Å². The van der Waals surface area contributed by atoms with Gasteiger partial charge in [-0.2, -0.15) is 0 Å². The average molecular weight is 338 g/mol. The largest absolute Gasteiger partial charge is 0.448 e. The molecule has 0 atom stereocenters. The van der Waals surface area contributed by atoms with E-state index in [1.807, 2.05) is 60.7 Å². The predicted octanol–water partition coefficient (Wildman–Crippen LogP) is 2.78. The molecule has 1 aliphatic rings. The van der Waals surface area contributed by atoms with Crippen molar-refractivity contribution in [2.24, 2.45) is 0 Å². The average Bonchev–Trinajstić information content (AvgIpc) is 3.06. The highest BCUT2D eigenvalue weighted by Gasteiger charge is 2.23. The molecule has 1 fully saturated rings. The van der Waals surface area contributed by atoms with Crippen LogP contribution in [0.5, 0.6) is 0 Å². The van der Waals surface area contributed by atoms with Gasteiger partial charge in [-0.15, -0.1) is 0 Å². The summed E-state index contributed by atoms with van der Waals surface area (Å²) in [6.07, 6.45) is 0.440. The van der Waals surface area contributed by atoms with Gasteiger partial charge in [0, 0.05) is 13.1 Å². The fourth-order valence-electron chi connectivity index (χ4n) is 3.00. The van der Waals surface area contributed by atoms with E-state index in [9.17, 15) is 9.59 Å². The molecular weight excluding hydrogens is 316 g/mol. The highest BCUT2D eigenvalue weighted by atomic mass is 16.6. The number of cyclic esters (lactones) is 1. The molecule has 1 saturated heterocycles. The number of hydrogen-bond donors (Lipinski definition) is 1. The Labute approximate surface area is 147 Å². The van der Waals surface area contributed by atoms with Gasteiger partial charge in [0.2, 0.25) is 5.91 Å². The van der Waals surface area contributed by atoms with Crippen molar-refractivity contribution in [2.75, 3.05) is 26.2 Å². The fraction of sp³-hybridized carbons (Fsp3) is 0.300. The maximum Gasteiger partial charge on any atom is 0.409 e. The van der Waals surface area contributed by atoms with Crippen LogP contribution in [0.25, 0.3) is 0 Å². The molecular formula is C20H22N2O3. The van der Waals surface area contributed by atoms with Gasteiger partial charge in [-0.25, -0.2) is 4.79 Å². The number of carbonyl (C=O) groups excluding carboxylic acids is 2. The third-order valence-electron chi connectivity index (χ3n) is 4.28. The summed E-state index contributed by atoms with van der Waals surface area (Å²) in [6, 6.07) is 19.5.